The normalized spacial score (nSPS) is 13.1. The van der Waals surface area contributed by atoms with Crippen LogP contribution in [0.15, 0.2) is 59.5 Å². The zero-order valence-corrected chi connectivity index (χ0v) is 22.4. The van der Waals surface area contributed by atoms with E-state index in [0.717, 1.165) is 16.7 Å². The van der Waals surface area contributed by atoms with Crippen molar-refractivity contribution < 1.29 is 28.2 Å². The number of benzene rings is 2. The molecule has 2 aromatic heterocycles. The Kier molecular flexibility index (Phi) is 7.47. The molecule has 0 bridgehead atoms. The smallest absolute Gasteiger partial charge is 0.333 e. The summed E-state index contributed by atoms with van der Waals surface area (Å²) in [6.45, 7) is 1.99. The first-order valence-electron chi connectivity index (χ1n) is 12.2. The van der Waals surface area contributed by atoms with Gasteiger partial charge in [-0.1, -0.05) is 11.6 Å². The number of hydrogen-bond acceptors (Lipinski definition) is 6. The third kappa shape index (κ3) is 5.62. The van der Waals surface area contributed by atoms with Gasteiger partial charge in [-0.2, -0.15) is 0 Å². The third-order valence-electron chi connectivity index (χ3n) is 6.40. The lowest BCUT2D eigenvalue weighted by atomic mass is 10.2. The van der Waals surface area contributed by atoms with Crippen molar-refractivity contribution in [1.29, 1.82) is 0 Å². The molecule has 2 aromatic carbocycles. The number of imidazole rings is 1. The van der Waals surface area contributed by atoms with E-state index in [-0.39, 0.29) is 58.2 Å². The lowest BCUT2D eigenvalue weighted by Crippen LogP contribution is -2.54. The van der Waals surface area contributed by atoms with Gasteiger partial charge in [0.15, 0.2) is 11.6 Å². The van der Waals surface area contributed by atoms with Crippen molar-refractivity contribution in [3.05, 3.63) is 93.3 Å². The Morgan fingerprint density at radius 3 is 2.51 bits per heavy atom. The van der Waals surface area contributed by atoms with E-state index in [1.54, 1.807) is 6.92 Å². The number of amides is 3. The SMILES string of the molecule is Cc1c(C(=O)Nc2ccc(Oc3ccnc(NC(=O)N4CC(O)C4)c3)c(F)c2)n(C)c(=O)n1-c1ccc(F)c(Cl)c1. The van der Waals surface area contributed by atoms with Crippen molar-refractivity contribution in [2.45, 2.75) is 13.0 Å². The van der Waals surface area contributed by atoms with Crippen molar-refractivity contribution in [1.82, 2.24) is 19.0 Å². The van der Waals surface area contributed by atoms with Gasteiger partial charge >= 0.3 is 11.7 Å². The molecule has 0 atom stereocenters. The Bertz CT molecular complexity index is 1730. The van der Waals surface area contributed by atoms with Crippen LogP contribution in [0.3, 0.4) is 0 Å². The van der Waals surface area contributed by atoms with Crippen LogP contribution in [0.5, 0.6) is 11.5 Å². The molecule has 212 valence electrons. The molecule has 1 aliphatic rings. The van der Waals surface area contributed by atoms with Crippen LogP contribution >= 0.6 is 11.6 Å². The highest BCUT2D eigenvalue weighted by Gasteiger charge is 2.29. The van der Waals surface area contributed by atoms with Gasteiger partial charge in [-0.25, -0.2) is 23.4 Å². The Hall–Kier alpha value is -4.75. The molecule has 0 spiro atoms. The molecule has 14 heteroatoms. The minimum Gasteiger partial charge on any atom is -0.454 e. The van der Waals surface area contributed by atoms with E-state index in [2.05, 4.69) is 15.6 Å². The maximum atomic E-state index is 14.9. The second-order valence-electron chi connectivity index (χ2n) is 9.28. The van der Waals surface area contributed by atoms with Crippen LogP contribution in [0.25, 0.3) is 5.69 Å². The highest BCUT2D eigenvalue weighted by atomic mass is 35.5. The Labute approximate surface area is 236 Å². The van der Waals surface area contributed by atoms with Gasteiger partial charge in [0.1, 0.15) is 23.1 Å². The van der Waals surface area contributed by atoms with Gasteiger partial charge in [0, 0.05) is 31.1 Å². The molecule has 41 heavy (non-hydrogen) atoms. The first kappa shape index (κ1) is 27.8. The number of β-amino-alcohol motifs (C(OH)–C–C–N with tert-alkyl or cyclic N) is 1. The van der Waals surface area contributed by atoms with Crippen LogP contribution in [-0.2, 0) is 7.05 Å². The lowest BCUT2D eigenvalue weighted by molar-refractivity contribution is 0.0308. The van der Waals surface area contributed by atoms with Crippen molar-refractivity contribution in [3.63, 3.8) is 0 Å². The van der Waals surface area contributed by atoms with Gasteiger partial charge in [-0.15, -0.1) is 0 Å². The van der Waals surface area contributed by atoms with E-state index in [1.807, 2.05) is 0 Å². The number of nitrogens with zero attached hydrogens (tertiary/aromatic N) is 4. The number of aliphatic hydroxyl groups excluding tert-OH is 1. The number of aromatic nitrogens is 3. The zero-order valence-electron chi connectivity index (χ0n) is 21.7. The third-order valence-corrected chi connectivity index (χ3v) is 6.69. The molecule has 1 saturated heterocycles. The Balaban J connectivity index is 1.30. The van der Waals surface area contributed by atoms with Crippen molar-refractivity contribution in [2.24, 2.45) is 7.05 Å². The summed E-state index contributed by atoms with van der Waals surface area (Å²) in [5.41, 5.74) is 0.0999. The number of urea groups is 1. The number of aliphatic hydroxyl groups is 1. The average molecular weight is 585 g/mol. The van der Waals surface area contributed by atoms with Crippen molar-refractivity contribution in [2.75, 3.05) is 23.7 Å². The molecule has 3 amide bonds. The largest absolute Gasteiger partial charge is 0.454 e. The Morgan fingerprint density at radius 2 is 1.83 bits per heavy atom. The molecule has 1 aliphatic heterocycles. The van der Waals surface area contributed by atoms with Crippen LogP contribution in [0, 0.1) is 18.6 Å². The van der Waals surface area contributed by atoms with Gasteiger partial charge < -0.3 is 20.1 Å². The number of rotatable bonds is 6. The van der Waals surface area contributed by atoms with E-state index in [4.69, 9.17) is 16.3 Å². The standard InChI is InChI=1S/C27H23ClF2N6O5/c1-14-24(34(2)27(40)36(14)16-4-5-20(29)19(28)10-16)25(38)32-15-3-6-22(21(30)9-15)41-18-7-8-31-23(11-18)33-26(39)35-12-17(37)13-35/h3-11,17,37H,12-13H2,1-2H3,(H,32,38)(H,31,33,39). The average Bonchev–Trinajstić information content (AvgIpc) is 3.13. The summed E-state index contributed by atoms with van der Waals surface area (Å²) in [6.07, 6.45) is 0.832. The van der Waals surface area contributed by atoms with Crippen LogP contribution in [0.2, 0.25) is 5.02 Å². The van der Waals surface area contributed by atoms with E-state index < -0.39 is 35.4 Å². The van der Waals surface area contributed by atoms with E-state index >= 15 is 0 Å². The number of carbonyl (C=O) groups is 2. The molecule has 3 N–H and O–H groups in total. The molecular weight excluding hydrogens is 562 g/mol. The summed E-state index contributed by atoms with van der Waals surface area (Å²) in [5.74, 6) is -1.89. The van der Waals surface area contributed by atoms with Crippen LogP contribution < -0.4 is 21.1 Å². The van der Waals surface area contributed by atoms with Gasteiger partial charge in [-0.3, -0.25) is 19.2 Å². The fourth-order valence-corrected chi connectivity index (χ4v) is 4.49. The molecule has 1 fully saturated rings. The summed E-state index contributed by atoms with van der Waals surface area (Å²) in [5, 5.41) is 14.3. The summed E-state index contributed by atoms with van der Waals surface area (Å²) in [4.78, 5) is 43.6. The number of halogens is 3. The van der Waals surface area contributed by atoms with Gasteiger partial charge in [0.25, 0.3) is 5.91 Å². The fraction of sp³-hybridized carbons (Fsp3) is 0.185. The highest BCUT2D eigenvalue weighted by Crippen LogP contribution is 2.28. The quantitative estimate of drug-likeness (QED) is 0.313. The number of anilines is 2. The minimum atomic E-state index is -0.788. The lowest BCUT2D eigenvalue weighted by Gasteiger charge is -2.35. The number of ether oxygens (including phenoxy) is 1. The number of hydrogen-bond donors (Lipinski definition) is 3. The molecule has 0 saturated carbocycles. The maximum absolute atomic E-state index is 14.9. The maximum Gasteiger partial charge on any atom is 0.333 e. The number of likely N-dealkylation sites (tertiary alicyclic amines) is 1. The molecule has 3 heterocycles. The molecule has 5 rings (SSSR count). The second-order valence-corrected chi connectivity index (χ2v) is 9.68. The topological polar surface area (TPSA) is 131 Å². The van der Waals surface area contributed by atoms with E-state index in [1.165, 1.54) is 59.1 Å². The van der Waals surface area contributed by atoms with Crippen LogP contribution in [-0.4, -0.2) is 55.3 Å². The molecular formula is C27H23ClF2N6O5. The van der Waals surface area contributed by atoms with Gasteiger partial charge in [0.2, 0.25) is 0 Å². The van der Waals surface area contributed by atoms with Crippen LogP contribution in [0.1, 0.15) is 16.2 Å². The molecule has 0 unspecified atom stereocenters. The summed E-state index contributed by atoms with van der Waals surface area (Å²) >= 11 is 5.86. The monoisotopic (exact) mass is 584 g/mol. The second kappa shape index (κ2) is 11.0. The molecule has 4 aromatic rings. The molecule has 0 aliphatic carbocycles. The Morgan fingerprint density at radius 1 is 1.07 bits per heavy atom. The number of carbonyl (C=O) groups excluding carboxylic acids is 2. The first-order chi connectivity index (χ1) is 19.5. The first-order valence-corrected chi connectivity index (χ1v) is 12.6. The van der Waals surface area contributed by atoms with Gasteiger partial charge in [-0.05, 0) is 43.3 Å². The molecule has 0 radical (unpaired) electrons. The predicted molar refractivity (Wildman–Crippen MR) is 146 cm³/mol. The van der Waals surface area contributed by atoms with Crippen molar-refractivity contribution in [3.8, 4) is 17.2 Å². The van der Waals surface area contributed by atoms with Crippen LogP contribution in [0.4, 0.5) is 25.1 Å². The highest BCUT2D eigenvalue weighted by molar-refractivity contribution is 6.30. The van der Waals surface area contributed by atoms with E-state index in [0.29, 0.717) is 0 Å². The number of pyridine rings is 1. The predicted octanol–water partition coefficient (Wildman–Crippen LogP) is 4.06. The summed E-state index contributed by atoms with van der Waals surface area (Å²) in [6, 6.07) is 9.98. The molecule has 11 nitrogen and oxygen atoms in total. The fourth-order valence-electron chi connectivity index (χ4n) is 4.31. The summed E-state index contributed by atoms with van der Waals surface area (Å²) < 4.78 is 36.5. The summed E-state index contributed by atoms with van der Waals surface area (Å²) in [7, 11) is 1.40. The van der Waals surface area contributed by atoms with Gasteiger partial charge in [0.05, 0.1) is 35.6 Å². The zero-order chi connectivity index (χ0) is 29.4. The number of nitrogens with one attached hydrogen (secondary N) is 2. The van der Waals surface area contributed by atoms with Crippen molar-refractivity contribution >= 4 is 35.0 Å². The van der Waals surface area contributed by atoms with E-state index in [9.17, 15) is 28.3 Å². The minimum absolute atomic E-state index is 0.00952.